The Balaban J connectivity index is 0.00000104. The Morgan fingerprint density at radius 3 is 1.87 bits per heavy atom. The van der Waals surface area contributed by atoms with Crippen LogP contribution in [0.2, 0.25) is 0 Å². The molecule has 0 aliphatic carbocycles. The van der Waals surface area contributed by atoms with Crippen LogP contribution in [0.1, 0.15) is 88.3 Å². The molecule has 60 heavy (non-hydrogen) atoms. The van der Waals surface area contributed by atoms with E-state index in [1.807, 2.05) is 85.8 Å². The second-order valence-electron chi connectivity index (χ2n) is 14.5. The van der Waals surface area contributed by atoms with E-state index in [0.717, 1.165) is 29.5 Å². The highest BCUT2D eigenvalue weighted by Crippen LogP contribution is 2.43. The molecule has 4 aromatic rings. The third-order valence-corrected chi connectivity index (χ3v) is 10.7. The Morgan fingerprint density at radius 2 is 1.37 bits per heavy atom. The first-order valence-corrected chi connectivity index (χ1v) is 20.8. The number of aliphatic carboxylic acids is 1. The molecule has 2 heterocycles. The summed E-state index contributed by atoms with van der Waals surface area (Å²) in [5, 5.41) is 11.2. The van der Waals surface area contributed by atoms with Crippen LogP contribution < -0.4 is 30.7 Å². The zero-order valence-corrected chi connectivity index (χ0v) is 35.9. The number of aromatic nitrogens is 2. The Bertz CT molecular complexity index is 1980. The van der Waals surface area contributed by atoms with E-state index >= 15 is 0 Å². The summed E-state index contributed by atoms with van der Waals surface area (Å²) >= 11 is 0. The van der Waals surface area contributed by atoms with Gasteiger partial charge in [-0.3, -0.25) is 19.1 Å². The van der Waals surface area contributed by atoms with Gasteiger partial charge in [0.1, 0.15) is 29.3 Å². The summed E-state index contributed by atoms with van der Waals surface area (Å²) in [6, 6.07) is 24.5. The summed E-state index contributed by atoms with van der Waals surface area (Å²) in [6.07, 6.45) is -1.56. The number of esters is 1. The second kappa shape index (κ2) is 23.5. The van der Waals surface area contributed by atoms with Crippen LogP contribution in [0.5, 0.6) is 11.5 Å². The fourth-order valence-corrected chi connectivity index (χ4v) is 7.18. The lowest BCUT2D eigenvalue weighted by molar-refractivity contribution is -0.894. The van der Waals surface area contributed by atoms with E-state index in [9.17, 15) is 24.3 Å². The van der Waals surface area contributed by atoms with Gasteiger partial charge >= 0.3 is 11.7 Å². The van der Waals surface area contributed by atoms with E-state index < -0.39 is 66.2 Å². The molecule has 1 aliphatic rings. The minimum absolute atomic E-state index is 0.201. The number of aryl methyl sites for hydroxylation is 1. The standard InChI is InChI=1S/C40H46N2O11.C6H15N/c1-5-6-10-23-50-36-35(53-34(45)22-21-33(43)44)32(52-38(36)42-24-26(2)37(46)41-39(42)47)25-51-40(27-11-8-7-9-12-27,28-13-17-30(48-3)18-14-28)29-15-19-31(49-4)20-16-29;1-4-7(5-2)6-3/h7-9,11-20,24,32,35-36,38H,5-6,10,21-23,25H2,1-4H3,(H,43,44)(H,41,46,47);4-6H2,1-3H3/t32-,35+,36?,38-;/m1./s1. The Labute approximate surface area is 352 Å². The number of carbonyl (C=O) groups is 2. The molecular weight excluding hydrogens is 771 g/mol. The molecule has 5 rings (SSSR count). The zero-order chi connectivity index (χ0) is 43.7. The van der Waals surface area contributed by atoms with E-state index in [1.165, 1.54) is 30.4 Å². The number of aromatic amines is 1. The van der Waals surface area contributed by atoms with Gasteiger partial charge in [-0.05, 0) is 81.5 Å². The van der Waals surface area contributed by atoms with Crippen LogP contribution in [0.4, 0.5) is 0 Å². The Morgan fingerprint density at radius 1 is 0.800 bits per heavy atom. The summed E-state index contributed by atoms with van der Waals surface area (Å²) in [7, 11) is 3.16. The molecule has 0 spiro atoms. The van der Waals surface area contributed by atoms with E-state index in [0.29, 0.717) is 17.9 Å². The number of quaternary nitrogens is 1. The molecule has 1 aliphatic heterocycles. The van der Waals surface area contributed by atoms with E-state index in [-0.39, 0.29) is 18.8 Å². The van der Waals surface area contributed by atoms with Gasteiger partial charge in [0, 0.05) is 24.3 Å². The number of hydrogen-bond donors (Lipinski definition) is 2. The second-order valence-corrected chi connectivity index (χ2v) is 14.5. The highest BCUT2D eigenvalue weighted by atomic mass is 16.6. The van der Waals surface area contributed by atoms with Gasteiger partial charge in [0.05, 0.1) is 46.9 Å². The lowest BCUT2D eigenvalue weighted by Crippen LogP contribution is -3.11. The van der Waals surface area contributed by atoms with Crippen molar-refractivity contribution in [2.75, 3.05) is 47.1 Å². The van der Waals surface area contributed by atoms with Crippen molar-refractivity contribution in [1.29, 1.82) is 0 Å². The predicted octanol–water partition coefficient (Wildman–Crippen LogP) is 3.72. The summed E-state index contributed by atoms with van der Waals surface area (Å²) in [5.41, 5.74) is -0.0614. The van der Waals surface area contributed by atoms with Crippen LogP contribution in [-0.2, 0) is 34.1 Å². The van der Waals surface area contributed by atoms with E-state index in [1.54, 1.807) is 26.0 Å². The number of methoxy groups -OCH3 is 2. The fraction of sp³-hybridized carbons (Fsp3) is 0.478. The number of rotatable bonds is 21. The molecule has 4 atom stereocenters. The van der Waals surface area contributed by atoms with Crippen LogP contribution in [0.15, 0.2) is 94.6 Å². The first kappa shape index (κ1) is 47.4. The number of nitrogens with zero attached hydrogens (tertiary/aromatic N) is 1. The first-order valence-electron chi connectivity index (χ1n) is 20.8. The van der Waals surface area contributed by atoms with Gasteiger partial charge in [0.15, 0.2) is 12.3 Å². The molecule has 0 radical (unpaired) electrons. The van der Waals surface area contributed by atoms with Crippen LogP contribution in [0.3, 0.4) is 0 Å². The SMILES string of the molecule is CCCCCOC1[C@@H](OC(=O)CCC(=O)[O-])[C@@H](COC(c2ccccc2)(c2ccc(OC)cc2)c2ccc(OC)cc2)O[C@H]1n1cc(C)c(=O)[nH]c1=O.CC[NH+](CC)CC. The lowest BCUT2D eigenvalue weighted by atomic mass is 9.80. The smallest absolute Gasteiger partial charge is 0.330 e. The minimum atomic E-state index is -1.41. The van der Waals surface area contributed by atoms with Crippen LogP contribution in [0, 0.1) is 6.92 Å². The lowest BCUT2D eigenvalue weighted by Gasteiger charge is -2.37. The van der Waals surface area contributed by atoms with Crippen LogP contribution >= 0.6 is 0 Å². The van der Waals surface area contributed by atoms with Gasteiger partial charge in [-0.2, -0.15) is 0 Å². The molecule has 14 nitrogen and oxygen atoms in total. The monoisotopic (exact) mass is 831 g/mol. The van der Waals surface area contributed by atoms with Crippen molar-refractivity contribution < 1.29 is 48.0 Å². The molecule has 1 saturated heterocycles. The zero-order valence-electron chi connectivity index (χ0n) is 35.9. The highest BCUT2D eigenvalue weighted by molar-refractivity contribution is 5.75. The Kier molecular flexibility index (Phi) is 18.6. The van der Waals surface area contributed by atoms with Crippen molar-refractivity contribution >= 4 is 11.9 Å². The maximum atomic E-state index is 13.2. The number of carboxylic acid groups (broad SMARTS) is 1. The molecule has 3 aromatic carbocycles. The van der Waals surface area contributed by atoms with Crippen molar-refractivity contribution in [3.8, 4) is 11.5 Å². The third-order valence-electron chi connectivity index (χ3n) is 10.7. The fourth-order valence-electron chi connectivity index (χ4n) is 7.18. The van der Waals surface area contributed by atoms with Gasteiger partial charge in [0.25, 0.3) is 5.56 Å². The topological polar surface area (TPSA) is 172 Å². The molecular formula is C46H61N3O11. The van der Waals surface area contributed by atoms with Crippen LogP contribution in [-0.4, -0.2) is 86.9 Å². The van der Waals surface area contributed by atoms with Gasteiger partial charge in [0.2, 0.25) is 0 Å². The minimum Gasteiger partial charge on any atom is -0.550 e. The predicted molar refractivity (Wildman–Crippen MR) is 224 cm³/mol. The van der Waals surface area contributed by atoms with Crippen molar-refractivity contribution in [2.45, 2.75) is 96.9 Å². The number of hydrogen-bond acceptors (Lipinski definition) is 11. The quantitative estimate of drug-likeness (QED) is 0.0713. The summed E-state index contributed by atoms with van der Waals surface area (Å²) in [6.45, 7) is 14.1. The number of carboxylic acids is 1. The molecule has 1 aromatic heterocycles. The molecule has 14 heteroatoms. The summed E-state index contributed by atoms with van der Waals surface area (Å²) < 4.78 is 38.0. The third kappa shape index (κ3) is 12.2. The highest BCUT2D eigenvalue weighted by Gasteiger charge is 2.51. The number of benzene rings is 3. The molecule has 1 fully saturated rings. The molecule has 0 saturated carbocycles. The number of nitrogens with one attached hydrogen (secondary N) is 2. The van der Waals surface area contributed by atoms with Gasteiger partial charge < -0.3 is 43.2 Å². The maximum absolute atomic E-state index is 13.2. The van der Waals surface area contributed by atoms with Crippen molar-refractivity contribution in [3.63, 3.8) is 0 Å². The average Bonchev–Trinajstić information content (AvgIpc) is 3.60. The maximum Gasteiger partial charge on any atom is 0.330 e. The van der Waals surface area contributed by atoms with Crippen molar-refractivity contribution in [1.82, 2.24) is 9.55 Å². The molecule has 326 valence electrons. The average molecular weight is 832 g/mol. The molecule has 2 N–H and O–H groups in total. The number of carbonyl (C=O) groups excluding carboxylic acids is 2. The number of ether oxygens (including phenoxy) is 6. The van der Waals surface area contributed by atoms with Crippen molar-refractivity contribution in [3.05, 3.63) is 128 Å². The molecule has 0 bridgehead atoms. The molecule has 0 amide bonds. The number of H-pyrrole nitrogens is 1. The van der Waals surface area contributed by atoms with Crippen molar-refractivity contribution in [2.24, 2.45) is 0 Å². The Hall–Kier alpha value is -5.28. The molecule has 1 unspecified atom stereocenters. The largest absolute Gasteiger partial charge is 0.550 e. The van der Waals surface area contributed by atoms with E-state index in [2.05, 4.69) is 25.8 Å². The summed E-state index contributed by atoms with van der Waals surface area (Å²) in [5.74, 6) is -0.946. The normalized spacial score (nSPS) is 17.5. The van der Waals surface area contributed by atoms with Crippen LogP contribution in [0.25, 0.3) is 0 Å². The number of unbranched alkanes of at least 4 members (excludes halogenated alkanes) is 2. The van der Waals surface area contributed by atoms with E-state index in [4.69, 9.17) is 28.4 Å². The van der Waals surface area contributed by atoms with Gasteiger partial charge in [-0.15, -0.1) is 0 Å². The first-order chi connectivity index (χ1) is 28.9. The van der Waals surface area contributed by atoms with Gasteiger partial charge in [-0.25, -0.2) is 4.79 Å². The van der Waals surface area contributed by atoms with Gasteiger partial charge in [-0.1, -0.05) is 74.4 Å². The summed E-state index contributed by atoms with van der Waals surface area (Å²) in [4.78, 5) is 53.9.